The summed E-state index contributed by atoms with van der Waals surface area (Å²) in [5, 5.41) is 19.1. The topological polar surface area (TPSA) is 71.7 Å². The van der Waals surface area contributed by atoms with Crippen LogP contribution in [0, 0.1) is 11.3 Å². The van der Waals surface area contributed by atoms with E-state index in [4.69, 9.17) is 25.8 Å². The van der Waals surface area contributed by atoms with Gasteiger partial charge in [-0.2, -0.15) is 5.26 Å². The first kappa shape index (κ1) is 32.7. The molecule has 1 aromatic carbocycles. The third kappa shape index (κ3) is 15.7. The summed E-state index contributed by atoms with van der Waals surface area (Å²) in [4.78, 5) is 0. The van der Waals surface area contributed by atoms with E-state index in [2.05, 4.69) is 13.0 Å². The summed E-state index contributed by atoms with van der Waals surface area (Å²) < 4.78 is 16.7. The molecule has 1 atom stereocenters. The number of hydrogen-bond acceptors (Lipinski definition) is 5. The van der Waals surface area contributed by atoms with Crippen LogP contribution in [0.4, 0.5) is 0 Å². The third-order valence-electron chi connectivity index (χ3n) is 6.57. The molecule has 0 aliphatic rings. The van der Waals surface area contributed by atoms with Gasteiger partial charge in [-0.1, -0.05) is 115 Å². The second kappa shape index (κ2) is 22.8. The van der Waals surface area contributed by atoms with Gasteiger partial charge >= 0.3 is 0 Å². The van der Waals surface area contributed by atoms with Crippen molar-refractivity contribution in [2.45, 2.75) is 122 Å². The molecule has 0 radical (unpaired) electrons. The van der Waals surface area contributed by atoms with Gasteiger partial charge in [-0.05, 0) is 24.1 Å². The SMILES string of the molecule is CCCCCCCCCCCCCCCCCCOCC(CO)OCc1cc(C#N)c(Cl)c(OC)c1. The maximum absolute atomic E-state index is 9.59. The number of aliphatic hydroxyl groups is 1. The molecule has 0 saturated heterocycles. The van der Waals surface area contributed by atoms with Crippen molar-refractivity contribution in [1.29, 1.82) is 5.26 Å². The average molecular weight is 524 g/mol. The van der Waals surface area contributed by atoms with Gasteiger partial charge in [0.1, 0.15) is 22.9 Å². The summed E-state index contributed by atoms with van der Waals surface area (Å²) in [5.74, 6) is 0.439. The third-order valence-corrected chi connectivity index (χ3v) is 6.96. The number of nitriles is 1. The Balaban J connectivity index is 1.97. The van der Waals surface area contributed by atoms with Crippen LogP contribution in [0.15, 0.2) is 12.1 Å². The van der Waals surface area contributed by atoms with Crippen LogP contribution >= 0.6 is 11.6 Å². The molecular weight excluding hydrogens is 474 g/mol. The highest BCUT2D eigenvalue weighted by Crippen LogP contribution is 2.29. The predicted molar refractivity (Wildman–Crippen MR) is 149 cm³/mol. The maximum Gasteiger partial charge on any atom is 0.139 e. The van der Waals surface area contributed by atoms with Crippen LogP contribution in [-0.4, -0.2) is 38.1 Å². The quantitative estimate of drug-likeness (QED) is 0.138. The lowest BCUT2D eigenvalue weighted by molar-refractivity contribution is -0.0502. The molecule has 1 rings (SSSR count). The van der Waals surface area contributed by atoms with E-state index >= 15 is 0 Å². The number of methoxy groups -OCH3 is 1. The van der Waals surface area contributed by atoms with Gasteiger partial charge in [-0.25, -0.2) is 0 Å². The van der Waals surface area contributed by atoms with Crippen molar-refractivity contribution in [2.24, 2.45) is 0 Å². The zero-order chi connectivity index (χ0) is 26.3. The number of aliphatic hydroxyl groups excluding tert-OH is 1. The molecule has 1 unspecified atom stereocenters. The van der Waals surface area contributed by atoms with E-state index < -0.39 is 6.10 Å². The van der Waals surface area contributed by atoms with E-state index in [0.717, 1.165) is 12.0 Å². The Morgan fingerprint density at radius 3 is 1.86 bits per heavy atom. The summed E-state index contributed by atoms with van der Waals surface area (Å²) in [7, 11) is 1.51. The molecule has 0 amide bonds. The monoisotopic (exact) mass is 523 g/mol. The zero-order valence-corrected chi connectivity index (χ0v) is 23.6. The minimum absolute atomic E-state index is 0.116. The molecular formula is C30H50ClNO4. The van der Waals surface area contributed by atoms with E-state index in [1.165, 1.54) is 103 Å². The number of hydrogen-bond donors (Lipinski definition) is 1. The van der Waals surface area contributed by atoms with Crippen LogP contribution in [0.1, 0.15) is 121 Å². The van der Waals surface area contributed by atoms with Gasteiger partial charge in [-0.15, -0.1) is 0 Å². The van der Waals surface area contributed by atoms with Crippen molar-refractivity contribution >= 4 is 11.6 Å². The molecule has 6 heteroatoms. The van der Waals surface area contributed by atoms with Crippen LogP contribution in [0.3, 0.4) is 0 Å². The fourth-order valence-corrected chi connectivity index (χ4v) is 4.53. The summed E-state index contributed by atoms with van der Waals surface area (Å²) in [5.41, 5.74) is 1.11. The number of rotatable bonds is 24. The number of benzene rings is 1. The lowest BCUT2D eigenvalue weighted by Crippen LogP contribution is -2.24. The molecule has 0 spiro atoms. The Labute approximate surface area is 225 Å². The Kier molecular flexibility index (Phi) is 20.8. The Morgan fingerprint density at radius 2 is 1.39 bits per heavy atom. The summed E-state index contributed by atoms with van der Waals surface area (Å²) in [6, 6.07) is 5.48. The maximum atomic E-state index is 9.59. The second-order valence-corrected chi connectivity index (χ2v) is 10.1. The molecule has 0 heterocycles. The van der Waals surface area contributed by atoms with E-state index in [1.54, 1.807) is 12.1 Å². The predicted octanol–water partition coefficient (Wildman–Crippen LogP) is 8.38. The van der Waals surface area contributed by atoms with Crippen LogP contribution in [0.25, 0.3) is 0 Å². The summed E-state index contributed by atoms with van der Waals surface area (Å²) in [6.07, 6.45) is 21.2. The van der Waals surface area contributed by atoms with Crippen molar-refractivity contribution in [3.8, 4) is 11.8 Å². The van der Waals surface area contributed by atoms with E-state index in [9.17, 15) is 10.4 Å². The first-order valence-corrected chi connectivity index (χ1v) is 14.6. The number of halogens is 1. The van der Waals surface area contributed by atoms with E-state index in [1.807, 2.05) is 0 Å². The molecule has 36 heavy (non-hydrogen) atoms. The van der Waals surface area contributed by atoms with Crippen molar-refractivity contribution in [3.05, 3.63) is 28.3 Å². The van der Waals surface area contributed by atoms with Crippen LogP contribution < -0.4 is 4.74 Å². The Bertz CT molecular complexity index is 707. The summed E-state index contributed by atoms with van der Waals surface area (Å²) >= 11 is 6.11. The highest BCUT2D eigenvalue weighted by atomic mass is 35.5. The van der Waals surface area contributed by atoms with Crippen molar-refractivity contribution in [1.82, 2.24) is 0 Å². The Hall–Kier alpha value is -1.32. The minimum Gasteiger partial charge on any atom is -0.495 e. The van der Waals surface area contributed by atoms with Crippen molar-refractivity contribution in [3.63, 3.8) is 0 Å². The van der Waals surface area contributed by atoms with Gasteiger partial charge in [-0.3, -0.25) is 0 Å². The lowest BCUT2D eigenvalue weighted by Gasteiger charge is -2.16. The zero-order valence-electron chi connectivity index (χ0n) is 22.9. The molecule has 206 valence electrons. The number of nitrogens with zero attached hydrogens (tertiary/aromatic N) is 1. The molecule has 0 aliphatic heterocycles. The molecule has 1 aromatic rings. The molecule has 5 nitrogen and oxygen atoms in total. The van der Waals surface area contributed by atoms with Gasteiger partial charge < -0.3 is 19.3 Å². The normalized spacial score (nSPS) is 12.0. The smallest absolute Gasteiger partial charge is 0.139 e. The number of ether oxygens (including phenoxy) is 3. The molecule has 0 fully saturated rings. The minimum atomic E-state index is -0.404. The molecule has 0 aliphatic carbocycles. The van der Waals surface area contributed by atoms with Crippen LogP contribution in [0.5, 0.6) is 5.75 Å². The first-order chi connectivity index (χ1) is 17.7. The van der Waals surface area contributed by atoms with Crippen molar-refractivity contribution < 1.29 is 19.3 Å². The summed E-state index contributed by atoms with van der Waals surface area (Å²) in [6.45, 7) is 3.44. The lowest BCUT2D eigenvalue weighted by atomic mass is 10.0. The fourth-order valence-electron chi connectivity index (χ4n) is 4.30. The van der Waals surface area contributed by atoms with Gasteiger partial charge in [0.25, 0.3) is 0 Å². The fraction of sp³-hybridized carbons (Fsp3) is 0.767. The van der Waals surface area contributed by atoms with Crippen molar-refractivity contribution in [2.75, 3.05) is 26.9 Å². The van der Waals surface area contributed by atoms with Gasteiger partial charge in [0.2, 0.25) is 0 Å². The van der Waals surface area contributed by atoms with Gasteiger partial charge in [0, 0.05) is 6.61 Å². The first-order valence-electron chi connectivity index (χ1n) is 14.2. The molecule has 0 aromatic heterocycles. The van der Waals surface area contributed by atoms with Gasteiger partial charge in [0.05, 0.1) is 32.5 Å². The number of unbranched alkanes of at least 4 members (excludes halogenated alkanes) is 15. The molecule has 1 N–H and O–H groups in total. The standard InChI is InChI=1S/C30H50ClNO4/c1-3-4-5-6-7-8-9-10-11-12-13-14-15-16-17-18-19-35-25-28(23-33)36-24-26-20-27(22-32)30(31)29(21-26)34-2/h20-21,28,33H,3-19,23-25H2,1-2H3. The largest absolute Gasteiger partial charge is 0.495 e. The highest BCUT2D eigenvalue weighted by Gasteiger charge is 2.12. The molecule has 0 bridgehead atoms. The Morgan fingerprint density at radius 1 is 0.861 bits per heavy atom. The van der Waals surface area contributed by atoms with Gasteiger partial charge in [0.15, 0.2) is 0 Å². The molecule has 0 saturated carbocycles. The van der Waals surface area contributed by atoms with E-state index in [0.29, 0.717) is 29.5 Å². The van der Waals surface area contributed by atoms with E-state index in [-0.39, 0.29) is 13.2 Å². The highest BCUT2D eigenvalue weighted by molar-refractivity contribution is 6.33. The van der Waals surface area contributed by atoms with Crippen LogP contribution in [0.2, 0.25) is 5.02 Å². The van der Waals surface area contributed by atoms with Crippen LogP contribution in [-0.2, 0) is 16.1 Å². The average Bonchev–Trinajstić information content (AvgIpc) is 2.90. The second-order valence-electron chi connectivity index (χ2n) is 9.77.